The van der Waals surface area contributed by atoms with Crippen LogP contribution in [0.1, 0.15) is 58.8 Å². The maximum atomic E-state index is 13.9. The van der Waals surface area contributed by atoms with E-state index < -0.39 is 36.7 Å². The fourth-order valence-corrected chi connectivity index (χ4v) is 5.80. The van der Waals surface area contributed by atoms with E-state index in [9.17, 15) is 31.1 Å². The van der Waals surface area contributed by atoms with Crippen LogP contribution in [0.15, 0.2) is 27.5 Å². The number of alkyl halides is 6. The fraction of sp³-hybridized carbons (Fsp3) is 0.500. The number of benzene rings is 1. The normalized spacial score (nSPS) is 20.0. The van der Waals surface area contributed by atoms with Gasteiger partial charge in [0.25, 0.3) is 0 Å². The molecule has 1 N–H and O–H groups in total. The SMILES string of the molecule is Cc1nc(C2CCC(C(F)(F)F)CC2)sc1C(OCc1ccc(-c2noc(=O)[nH]2)c(Cl)c1)C(F)(F)F. The Balaban J connectivity index is 1.48. The molecular formula is C22H20ClF6N3O3S. The van der Waals surface area contributed by atoms with Crippen LogP contribution >= 0.6 is 22.9 Å². The number of aromatic nitrogens is 3. The molecule has 0 saturated heterocycles. The van der Waals surface area contributed by atoms with Crippen molar-refractivity contribution >= 4 is 22.9 Å². The van der Waals surface area contributed by atoms with Gasteiger partial charge >= 0.3 is 18.1 Å². The largest absolute Gasteiger partial charge is 0.439 e. The molecule has 0 bridgehead atoms. The highest BCUT2D eigenvalue weighted by Gasteiger charge is 2.45. The van der Waals surface area contributed by atoms with Crippen molar-refractivity contribution in [3.05, 3.63) is 54.9 Å². The molecule has 14 heteroatoms. The molecule has 0 aliphatic heterocycles. The van der Waals surface area contributed by atoms with E-state index in [1.807, 2.05) is 0 Å². The van der Waals surface area contributed by atoms with E-state index in [4.69, 9.17) is 16.3 Å². The van der Waals surface area contributed by atoms with Crippen LogP contribution < -0.4 is 5.76 Å². The summed E-state index contributed by atoms with van der Waals surface area (Å²) in [6.07, 6.45) is -11.0. The van der Waals surface area contributed by atoms with Crippen LogP contribution in [0, 0.1) is 12.8 Å². The number of nitrogens with one attached hydrogen (secondary N) is 1. The van der Waals surface area contributed by atoms with Gasteiger partial charge in [0.05, 0.1) is 33.1 Å². The number of thiazole rings is 1. The van der Waals surface area contributed by atoms with Crippen molar-refractivity contribution in [2.24, 2.45) is 5.92 Å². The van der Waals surface area contributed by atoms with E-state index >= 15 is 0 Å². The number of aromatic amines is 1. The minimum Gasteiger partial charge on any atom is -0.358 e. The quantitative estimate of drug-likeness (QED) is 0.328. The molecule has 0 amide bonds. The van der Waals surface area contributed by atoms with Gasteiger partial charge in [0.2, 0.25) is 0 Å². The Kier molecular flexibility index (Phi) is 7.54. The molecule has 2 aromatic heterocycles. The molecule has 0 radical (unpaired) electrons. The molecule has 4 rings (SSSR count). The first-order chi connectivity index (χ1) is 16.8. The van der Waals surface area contributed by atoms with Crippen molar-refractivity contribution in [1.82, 2.24) is 15.1 Å². The monoisotopic (exact) mass is 555 g/mol. The minimum absolute atomic E-state index is 0.0691. The van der Waals surface area contributed by atoms with E-state index in [0.717, 1.165) is 11.3 Å². The highest BCUT2D eigenvalue weighted by molar-refractivity contribution is 7.11. The second kappa shape index (κ2) is 10.2. The molecule has 1 aliphatic carbocycles. The Bertz CT molecular complexity index is 1260. The summed E-state index contributed by atoms with van der Waals surface area (Å²) in [5, 5.41) is 4.04. The van der Waals surface area contributed by atoms with Gasteiger partial charge in [0.1, 0.15) is 0 Å². The third kappa shape index (κ3) is 5.94. The van der Waals surface area contributed by atoms with Gasteiger partial charge in [-0.2, -0.15) is 26.3 Å². The first kappa shape index (κ1) is 26.7. The van der Waals surface area contributed by atoms with Gasteiger partial charge in [-0.1, -0.05) is 22.8 Å². The summed E-state index contributed by atoms with van der Waals surface area (Å²) in [5.74, 6) is -2.41. The summed E-state index contributed by atoms with van der Waals surface area (Å²) < 4.78 is 90.4. The van der Waals surface area contributed by atoms with Crippen molar-refractivity contribution in [2.45, 2.75) is 63.6 Å². The molecule has 1 aromatic carbocycles. The van der Waals surface area contributed by atoms with Crippen LogP contribution in [0.5, 0.6) is 0 Å². The second-order valence-corrected chi connectivity index (χ2v) is 10.1. The van der Waals surface area contributed by atoms with Crippen LogP contribution in [0.4, 0.5) is 26.3 Å². The third-order valence-electron chi connectivity index (χ3n) is 6.07. The van der Waals surface area contributed by atoms with E-state index in [1.54, 1.807) is 0 Å². The standard InChI is InChI=1S/C22H20ClF6N3O3S/c1-10-16(36-19(30-10)12-3-5-13(6-4-12)21(24,25)26)17(22(27,28)29)34-9-11-2-7-14(15(23)8-11)18-31-20(33)35-32-18/h2,7-8,12-13,17H,3-6,9H2,1H3,(H,31,32,33). The number of hydrogen-bond acceptors (Lipinski definition) is 6. The molecule has 0 spiro atoms. The lowest BCUT2D eigenvalue weighted by Crippen LogP contribution is -2.27. The number of nitrogens with zero attached hydrogens (tertiary/aromatic N) is 2. The molecule has 1 atom stereocenters. The smallest absolute Gasteiger partial charge is 0.358 e. The number of hydrogen-bond donors (Lipinski definition) is 1. The van der Waals surface area contributed by atoms with Crippen molar-refractivity contribution < 1.29 is 35.6 Å². The Labute approximate surface area is 209 Å². The summed E-state index contributed by atoms with van der Waals surface area (Å²) in [7, 11) is 0. The molecule has 2 heterocycles. The highest BCUT2D eigenvalue weighted by Crippen LogP contribution is 2.46. The minimum atomic E-state index is -4.74. The predicted octanol–water partition coefficient (Wildman–Crippen LogP) is 7.10. The number of aryl methyl sites for hydroxylation is 1. The van der Waals surface area contributed by atoms with E-state index in [2.05, 4.69) is 19.6 Å². The third-order valence-corrected chi connectivity index (χ3v) is 7.75. The molecule has 1 saturated carbocycles. The van der Waals surface area contributed by atoms with Crippen LogP contribution in [-0.2, 0) is 11.3 Å². The zero-order chi connectivity index (χ0) is 26.3. The Morgan fingerprint density at radius 2 is 1.89 bits per heavy atom. The first-order valence-electron chi connectivity index (χ1n) is 10.9. The van der Waals surface area contributed by atoms with Crippen molar-refractivity contribution in [1.29, 1.82) is 0 Å². The van der Waals surface area contributed by atoms with Gasteiger partial charge in [-0.05, 0) is 50.3 Å². The van der Waals surface area contributed by atoms with Gasteiger partial charge in [0, 0.05) is 11.5 Å². The fourth-order valence-electron chi connectivity index (χ4n) is 4.20. The maximum absolute atomic E-state index is 13.9. The van der Waals surface area contributed by atoms with Crippen molar-refractivity contribution in [3.63, 3.8) is 0 Å². The molecular weight excluding hydrogens is 536 g/mol. The number of H-pyrrole nitrogens is 1. The molecule has 1 aliphatic rings. The molecule has 36 heavy (non-hydrogen) atoms. The van der Waals surface area contributed by atoms with Crippen molar-refractivity contribution in [3.8, 4) is 11.4 Å². The van der Waals surface area contributed by atoms with Crippen LogP contribution in [0.2, 0.25) is 5.02 Å². The number of rotatable bonds is 6. The van der Waals surface area contributed by atoms with Gasteiger partial charge < -0.3 is 4.74 Å². The highest BCUT2D eigenvalue weighted by atomic mass is 35.5. The number of ether oxygens (including phenoxy) is 1. The molecule has 6 nitrogen and oxygen atoms in total. The summed E-state index contributed by atoms with van der Waals surface area (Å²) >= 11 is 7.02. The maximum Gasteiger partial charge on any atom is 0.439 e. The van der Waals surface area contributed by atoms with Crippen LogP contribution in [0.25, 0.3) is 11.4 Å². The van der Waals surface area contributed by atoms with Crippen molar-refractivity contribution in [2.75, 3.05) is 0 Å². The molecule has 196 valence electrons. The first-order valence-corrected chi connectivity index (χ1v) is 12.1. The average Bonchev–Trinajstić information content (AvgIpc) is 3.38. The lowest BCUT2D eigenvalue weighted by atomic mass is 9.82. The second-order valence-electron chi connectivity index (χ2n) is 8.58. The number of halogens is 7. The Morgan fingerprint density at radius 1 is 1.19 bits per heavy atom. The van der Waals surface area contributed by atoms with Gasteiger partial charge in [-0.3, -0.25) is 9.51 Å². The van der Waals surface area contributed by atoms with Crippen LogP contribution in [0.3, 0.4) is 0 Å². The lowest BCUT2D eigenvalue weighted by Gasteiger charge is -2.28. The molecule has 3 aromatic rings. The molecule has 1 unspecified atom stereocenters. The van der Waals surface area contributed by atoms with E-state index in [1.165, 1.54) is 25.1 Å². The lowest BCUT2D eigenvalue weighted by molar-refractivity contribution is -0.226. The molecule has 1 fully saturated rings. The Hall–Kier alpha value is -2.38. The van der Waals surface area contributed by atoms with Gasteiger partial charge in [0.15, 0.2) is 11.9 Å². The van der Waals surface area contributed by atoms with E-state index in [-0.39, 0.29) is 53.0 Å². The summed E-state index contributed by atoms with van der Waals surface area (Å²) in [5.41, 5.74) is 0.803. The van der Waals surface area contributed by atoms with Gasteiger partial charge in [-0.25, -0.2) is 9.78 Å². The Morgan fingerprint density at radius 3 is 2.44 bits per heavy atom. The zero-order valence-electron chi connectivity index (χ0n) is 18.7. The average molecular weight is 556 g/mol. The summed E-state index contributed by atoms with van der Waals surface area (Å²) in [4.78, 5) is 17.6. The zero-order valence-corrected chi connectivity index (χ0v) is 20.2. The topological polar surface area (TPSA) is 81.0 Å². The van der Waals surface area contributed by atoms with Gasteiger partial charge in [-0.15, -0.1) is 11.3 Å². The predicted molar refractivity (Wildman–Crippen MR) is 119 cm³/mol. The van der Waals surface area contributed by atoms with Crippen LogP contribution in [-0.4, -0.2) is 27.5 Å². The van der Waals surface area contributed by atoms with E-state index in [0.29, 0.717) is 16.1 Å². The summed E-state index contributed by atoms with van der Waals surface area (Å²) in [6, 6.07) is 4.33. The summed E-state index contributed by atoms with van der Waals surface area (Å²) in [6.45, 7) is 1.01.